The van der Waals surface area contributed by atoms with Crippen LogP contribution >= 0.6 is 0 Å². The van der Waals surface area contributed by atoms with Crippen LogP contribution in [0.4, 0.5) is 4.39 Å². The highest BCUT2D eigenvalue weighted by atomic mass is 19.1. The summed E-state index contributed by atoms with van der Waals surface area (Å²) < 4.78 is 12.8. The van der Waals surface area contributed by atoms with Crippen LogP contribution in [0, 0.1) is 11.7 Å². The zero-order valence-corrected chi connectivity index (χ0v) is 8.75. The van der Waals surface area contributed by atoms with Gasteiger partial charge in [-0.15, -0.1) is 0 Å². The number of piperidine rings is 1. The molecule has 1 heterocycles. The van der Waals surface area contributed by atoms with Crippen LogP contribution in [0.2, 0.25) is 0 Å². The molecule has 1 aromatic carbocycles. The van der Waals surface area contributed by atoms with Gasteiger partial charge in [0.1, 0.15) is 5.82 Å². The van der Waals surface area contributed by atoms with Gasteiger partial charge in [-0.2, -0.15) is 0 Å². The summed E-state index contributed by atoms with van der Waals surface area (Å²) in [7, 11) is 0. The summed E-state index contributed by atoms with van der Waals surface area (Å²) in [6, 6.07) is 6.83. The van der Waals surface area contributed by atoms with Gasteiger partial charge in [0.2, 0.25) is 0 Å². The van der Waals surface area contributed by atoms with Crippen LogP contribution in [0.25, 0.3) is 0 Å². The lowest BCUT2D eigenvalue weighted by atomic mass is 9.81. The van der Waals surface area contributed by atoms with Crippen molar-refractivity contribution >= 4 is 0 Å². The highest BCUT2D eigenvalue weighted by Crippen LogP contribution is 2.29. The number of hydrogen-bond acceptors (Lipinski definition) is 2. The smallest absolute Gasteiger partial charge is 0.123 e. The topological polar surface area (TPSA) is 38.0 Å². The summed E-state index contributed by atoms with van der Waals surface area (Å²) in [5.41, 5.74) is 6.96. The summed E-state index contributed by atoms with van der Waals surface area (Å²) in [5, 5.41) is 3.34. The molecule has 82 valence electrons. The Hall–Kier alpha value is -0.930. The van der Waals surface area contributed by atoms with Gasteiger partial charge in [0.25, 0.3) is 0 Å². The van der Waals surface area contributed by atoms with Crippen LogP contribution < -0.4 is 11.1 Å². The highest BCUT2D eigenvalue weighted by molar-refractivity contribution is 5.22. The van der Waals surface area contributed by atoms with Gasteiger partial charge in [0.05, 0.1) is 0 Å². The lowest BCUT2D eigenvalue weighted by molar-refractivity contribution is 0.333. The summed E-state index contributed by atoms with van der Waals surface area (Å²) >= 11 is 0. The molecule has 0 radical (unpaired) electrons. The first kappa shape index (κ1) is 10.6. The van der Waals surface area contributed by atoms with Crippen molar-refractivity contribution in [1.29, 1.82) is 0 Å². The van der Waals surface area contributed by atoms with Gasteiger partial charge in [0, 0.05) is 0 Å². The Labute approximate surface area is 89.7 Å². The third-order valence-electron chi connectivity index (χ3n) is 3.21. The van der Waals surface area contributed by atoms with E-state index in [4.69, 9.17) is 5.73 Å². The third kappa shape index (κ3) is 2.36. The van der Waals surface area contributed by atoms with Crippen LogP contribution in [-0.4, -0.2) is 19.6 Å². The summed E-state index contributed by atoms with van der Waals surface area (Å²) in [6.45, 7) is 2.69. The molecule has 2 rings (SSSR count). The molecule has 3 N–H and O–H groups in total. The van der Waals surface area contributed by atoms with E-state index in [1.54, 1.807) is 0 Å². The molecule has 0 unspecified atom stereocenters. The number of halogens is 1. The van der Waals surface area contributed by atoms with Crippen LogP contribution in [0.5, 0.6) is 0 Å². The normalized spacial score (nSPS) is 26.5. The van der Waals surface area contributed by atoms with Gasteiger partial charge in [-0.3, -0.25) is 0 Å². The van der Waals surface area contributed by atoms with E-state index in [9.17, 15) is 4.39 Å². The molecule has 0 bridgehead atoms. The Balaban J connectivity index is 2.16. The van der Waals surface area contributed by atoms with Crippen molar-refractivity contribution in [3.8, 4) is 0 Å². The molecule has 1 aliphatic rings. The second kappa shape index (κ2) is 4.73. The highest BCUT2D eigenvalue weighted by Gasteiger charge is 2.24. The number of hydrogen-bond donors (Lipinski definition) is 2. The van der Waals surface area contributed by atoms with E-state index in [0.717, 1.165) is 19.5 Å². The molecule has 15 heavy (non-hydrogen) atoms. The van der Waals surface area contributed by atoms with E-state index in [-0.39, 0.29) is 5.82 Å². The maximum absolute atomic E-state index is 12.8. The van der Waals surface area contributed by atoms with Crippen molar-refractivity contribution < 1.29 is 4.39 Å². The lowest BCUT2D eigenvalue weighted by Crippen LogP contribution is -2.39. The molecule has 1 saturated heterocycles. The minimum Gasteiger partial charge on any atom is -0.330 e. The average Bonchev–Trinajstić information content (AvgIpc) is 2.30. The van der Waals surface area contributed by atoms with Crippen molar-refractivity contribution in [2.24, 2.45) is 11.7 Å². The first-order valence-electron chi connectivity index (χ1n) is 5.47. The number of nitrogens with two attached hydrogens (primary N) is 1. The third-order valence-corrected chi connectivity index (χ3v) is 3.21. The maximum atomic E-state index is 12.8. The molecule has 1 aliphatic heterocycles. The molecule has 0 saturated carbocycles. The zero-order chi connectivity index (χ0) is 10.7. The van der Waals surface area contributed by atoms with E-state index in [1.165, 1.54) is 17.7 Å². The molecule has 3 heteroatoms. The molecule has 0 aliphatic carbocycles. The Kier molecular flexibility index (Phi) is 3.34. The Morgan fingerprint density at radius 1 is 1.33 bits per heavy atom. The van der Waals surface area contributed by atoms with Gasteiger partial charge in [0.15, 0.2) is 0 Å². The minimum atomic E-state index is -0.169. The molecule has 0 aromatic heterocycles. The molecular weight excluding hydrogens is 191 g/mol. The number of benzene rings is 1. The van der Waals surface area contributed by atoms with Gasteiger partial charge in [-0.25, -0.2) is 4.39 Å². The molecule has 0 amide bonds. The van der Waals surface area contributed by atoms with Gasteiger partial charge < -0.3 is 11.1 Å². The van der Waals surface area contributed by atoms with Crippen molar-refractivity contribution in [3.63, 3.8) is 0 Å². The van der Waals surface area contributed by atoms with Crippen molar-refractivity contribution in [2.45, 2.75) is 12.3 Å². The second-order valence-electron chi connectivity index (χ2n) is 4.15. The molecule has 2 atom stereocenters. The van der Waals surface area contributed by atoms with E-state index >= 15 is 0 Å². The number of rotatable bonds is 2. The fourth-order valence-electron chi connectivity index (χ4n) is 2.32. The molecule has 0 spiro atoms. The fourth-order valence-corrected chi connectivity index (χ4v) is 2.32. The van der Waals surface area contributed by atoms with Gasteiger partial charge in [-0.1, -0.05) is 12.1 Å². The first-order valence-corrected chi connectivity index (χ1v) is 5.47. The Morgan fingerprint density at radius 2 is 2.07 bits per heavy atom. The zero-order valence-electron chi connectivity index (χ0n) is 8.75. The largest absolute Gasteiger partial charge is 0.330 e. The first-order chi connectivity index (χ1) is 7.31. The standard InChI is InChI=1S/C12H17FN2/c13-11-3-1-9(2-4-11)12-5-6-15-8-10(12)7-14/h1-4,10,12,15H,5-8,14H2/t10-,12-/m0/s1. The average molecular weight is 208 g/mol. The van der Waals surface area contributed by atoms with E-state index < -0.39 is 0 Å². The second-order valence-corrected chi connectivity index (χ2v) is 4.15. The molecular formula is C12H17FN2. The molecule has 1 aromatic rings. The predicted molar refractivity (Wildman–Crippen MR) is 59.2 cm³/mol. The Morgan fingerprint density at radius 3 is 2.73 bits per heavy atom. The van der Waals surface area contributed by atoms with Gasteiger partial charge >= 0.3 is 0 Å². The van der Waals surface area contributed by atoms with Crippen LogP contribution in [0.3, 0.4) is 0 Å². The predicted octanol–water partition coefficient (Wildman–Crippen LogP) is 1.48. The minimum absolute atomic E-state index is 0.169. The van der Waals surface area contributed by atoms with Crippen molar-refractivity contribution in [1.82, 2.24) is 5.32 Å². The summed E-state index contributed by atoms with van der Waals surface area (Å²) in [6.07, 6.45) is 1.09. The van der Waals surface area contributed by atoms with E-state index in [2.05, 4.69) is 5.32 Å². The van der Waals surface area contributed by atoms with Crippen LogP contribution in [0.15, 0.2) is 24.3 Å². The lowest BCUT2D eigenvalue weighted by Gasteiger charge is -2.31. The Bertz CT molecular complexity index is 310. The monoisotopic (exact) mass is 208 g/mol. The molecule has 2 nitrogen and oxygen atoms in total. The number of nitrogens with one attached hydrogen (secondary N) is 1. The maximum Gasteiger partial charge on any atom is 0.123 e. The van der Waals surface area contributed by atoms with Crippen LogP contribution in [-0.2, 0) is 0 Å². The van der Waals surface area contributed by atoms with Crippen LogP contribution in [0.1, 0.15) is 17.9 Å². The fraction of sp³-hybridized carbons (Fsp3) is 0.500. The van der Waals surface area contributed by atoms with E-state index in [0.29, 0.717) is 18.4 Å². The van der Waals surface area contributed by atoms with E-state index in [1.807, 2.05) is 12.1 Å². The SMILES string of the molecule is NC[C@H]1CNCC[C@H]1c1ccc(F)cc1. The van der Waals surface area contributed by atoms with Crippen molar-refractivity contribution in [3.05, 3.63) is 35.6 Å². The van der Waals surface area contributed by atoms with Crippen molar-refractivity contribution in [2.75, 3.05) is 19.6 Å². The van der Waals surface area contributed by atoms with Gasteiger partial charge in [-0.05, 0) is 55.6 Å². The summed E-state index contributed by atoms with van der Waals surface area (Å²) in [4.78, 5) is 0. The quantitative estimate of drug-likeness (QED) is 0.772. The molecule has 1 fully saturated rings. The summed E-state index contributed by atoms with van der Waals surface area (Å²) in [5.74, 6) is 0.790.